The monoisotopic (exact) mass is 433 g/mol. The molecule has 162 valence electrons. The molecule has 0 atom stereocenters. The summed E-state index contributed by atoms with van der Waals surface area (Å²) < 4.78 is 11.0. The van der Waals surface area contributed by atoms with Gasteiger partial charge in [-0.3, -0.25) is 0 Å². The lowest BCUT2D eigenvalue weighted by atomic mass is 10.2. The minimum Gasteiger partial charge on any atom is -0.494 e. The number of aryl methyl sites for hydroxylation is 1. The molecule has 0 radical (unpaired) electrons. The summed E-state index contributed by atoms with van der Waals surface area (Å²) in [5.41, 5.74) is 2.20. The Balaban J connectivity index is 1.68. The molecule has 0 bridgehead atoms. The normalized spacial score (nSPS) is 14.5. The van der Waals surface area contributed by atoms with Crippen LogP contribution >= 0.6 is 11.6 Å². The van der Waals surface area contributed by atoms with Crippen LogP contribution in [0.25, 0.3) is 0 Å². The van der Waals surface area contributed by atoms with Crippen molar-refractivity contribution in [2.45, 2.75) is 33.3 Å². The third-order valence-electron chi connectivity index (χ3n) is 4.68. The maximum absolute atomic E-state index is 12.3. The Bertz CT molecular complexity index is 908. The molecule has 1 saturated heterocycles. The van der Waals surface area contributed by atoms with Gasteiger partial charge >= 0.3 is 6.09 Å². The molecule has 1 aliphatic rings. The predicted octanol–water partition coefficient (Wildman–Crippen LogP) is 4.25. The van der Waals surface area contributed by atoms with Crippen molar-refractivity contribution >= 4 is 34.9 Å². The highest BCUT2D eigenvalue weighted by Gasteiger charge is 2.26. The van der Waals surface area contributed by atoms with Gasteiger partial charge in [-0.25, -0.2) is 14.8 Å². The van der Waals surface area contributed by atoms with E-state index < -0.39 is 5.60 Å². The van der Waals surface area contributed by atoms with Gasteiger partial charge in [-0.1, -0.05) is 0 Å². The van der Waals surface area contributed by atoms with Crippen LogP contribution in [0.2, 0.25) is 5.28 Å². The molecular formula is C21H28ClN5O3. The first kappa shape index (κ1) is 22.0. The van der Waals surface area contributed by atoms with E-state index in [-0.39, 0.29) is 11.4 Å². The van der Waals surface area contributed by atoms with Crippen molar-refractivity contribution in [1.82, 2.24) is 14.9 Å². The molecule has 1 aromatic carbocycles. The van der Waals surface area contributed by atoms with Crippen molar-refractivity contribution in [3.8, 4) is 5.75 Å². The lowest BCUT2D eigenvalue weighted by Gasteiger charge is -2.37. The van der Waals surface area contributed by atoms with E-state index in [2.05, 4.69) is 20.2 Å². The fourth-order valence-corrected chi connectivity index (χ4v) is 3.26. The average Bonchev–Trinajstić information content (AvgIpc) is 2.70. The largest absolute Gasteiger partial charge is 0.494 e. The zero-order valence-corrected chi connectivity index (χ0v) is 18.8. The number of nitrogens with zero attached hydrogens (tertiary/aromatic N) is 4. The molecule has 1 N–H and O–H groups in total. The van der Waals surface area contributed by atoms with E-state index in [4.69, 9.17) is 21.1 Å². The summed E-state index contributed by atoms with van der Waals surface area (Å²) in [5.74, 6) is 1.32. The Morgan fingerprint density at radius 1 is 1.20 bits per heavy atom. The third kappa shape index (κ3) is 5.44. The van der Waals surface area contributed by atoms with Crippen LogP contribution < -0.4 is 15.0 Å². The predicted molar refractivity (Wildman–Crippen MR) is 118 cm³/mol. The van der Waals surface area contributed by atoms with Gasteiger partial charge in [0, 0.05) is 49.7 Å². The number of piperazine rings is 1. The molecule has 8 nitrogen and oxygen atoms in total. The van der Waals surface area contributed by atoms with Crippen molar-refractivity contribution in [1.29, 1.82) is 0 Å². The summed E-state index contributed by atoms with van der Waals surface area (Å²) in [6.07, 6.45) is 1.40. The zero-order chi connectivity index (χ0) is 21.9. The van der Waals surface area contributed by atoms with Crippen molar-refractivity contribution in [2.24, 2.45) is 0 Å². The Kier molecular flexibility index (Phi) is 6.55. The van der Waals surface area contributed by atoms with E-state index in [1.165, 1.54) is 0 Å². The van der Waals surface area contributed by atoms with Gasteiger partial charge in [-0.2, -0.15) is 0 Å². The van der Waals surface area contributed by atoms with Crippen LogP contribution in [-0.4, -0.2) is 59.9 Å². The van der Waals surface area contributed by atoms with Crippen LogP contribution in [0.5, 0.6) is 5.75 Å². The lowest BCUT2D eigenvalue weighted by Crippen LogP contribution is -2.50. The molecule has 3 rings (SSSR count). The average molecular weight is 434 g/mol. The molecule has 9 heteroatoms. The van der Waals surface area contributed by atoms with Gasteiger partial charge in [-0.15, -0.1) is 0 Å². The number of nitrogens with one attached hydrogen (secondary N) is 1. The van der Waals surface area contributed by atoms with Gasteiger partial charge in [-0.05, 0) is 51.4 Å². The maximum Gasteiger partial charge on any atom is 0.410 e. The standard InChI is InChI=1S/C21H28ClN5O3/c1-14-13-23-19(22)25-18(14)24-16-7-6-15(12-17(16)29-5)26-8-10-27(11-9-26)20(28)30-21(2,3)4/h6-7,12-13H,8-11H2,1-5H3,(H,23,24,25). The number of methoxy groups -OCH3 is 1. The van der Waals surface area contributed by atoms with Gasteiger partial charge in [0.05, 0.1) is 12.8 Å². The van der Waals surface area contributed by atoms with E-state index in [0.717, 1.165) is 30.0 Å². The van der Waals surface area contributed by atoms with E-state index in [1.54, 1.807) is 18.2 Å². The highest BCUT2D eigenvalue weighted by molar-refractivity contribution is 6.28. The molecular weight excluding hydrogens is 406 g/mol. The van der Waals surface area contributed by atoms with Crippen LogP contribution in [0.3, 0.4) is 0 Å². The summed E-state index contributed by atoms with van der Waals surface area (Å²) in [4.78, 5) is 24.4. The lowest BCUT2D eigenvalue weighted by molar-refractivity contribution is 0.0240. The molecule has 1 amide bonds. The number of hydrogen-bond donors (Lipinski definition) is 1. The molecule has 1 aromatic heterocycles. The van der Waals surface area contributed by atoms with Crippen molar-refractivity contribution in [2.75, 3.05) is 43.5 Å². The van der Waals surface area contributed by atoms with Gasteiger partial charge < -0.3 is 24.6 Å². The zero-order valence-electron chi connectivity index (χ0n) is 18.0. The van der Waals surface area contributed by atoms with E-state index in [0.29, 0.717) is 24.7 Å². The summed E-state index contributed by atoms with van der Waals surface area (Å²) in [6, 6.07) is 5.94. The minimum atomic E-state index is -0.489. The van der Waals surface area contributed by atoms with E-state index >= 15 is 0 Å². The topological polar surface area (TPSA) is 79.8 Å². The Labute approximate surface area is 182 Å². The van der Waals surface area contributed by atoms with Gasteiger partial charge in [0.1, 0.15) is 17.2 Å². The number of carbonyl (C=O) groups is 1. The molecule has 0 aliphatic carbocycles. The smallest absolute Gasteiger partial charge is 0.410 e. The van der Waals surface area contributed by atoms with Crippen LogP contribution in [0.1, 0.15) is 26.3 Å². The molecule has 1 fully saturated rings. The molecule has 1 aliphatic heterocycles. The maximum atomic E-state index is 12.3. The molecule has 0 saturated carbocycles. The Morgan fingerprint density at radius 2 is 1.90 bits per heavy atom. The van der Waals surface area contributed by atoms with Gasteiger partial charge in [0.15, 0.2) is 0 Å². The highest BCUT2D eigenvalue weighted by Crippen LogP contribution is 2.33. The number of carbonyl (C=O) groups excluding carboxylic acids is 1. The first-order valence-electron chi connectivity index (χ1n) is 9.83. The number of ether oxygens (including phenoxy) is 2. The second-order valence-corrected chi connectivity index (χ2v) is 8.47. The first-order valence-corrected chi connectivity index (χ1v) is 10.2. The quantitative estimate of drug-likeness (QED) is 0.722. The number of aromatic nitrogens is 2. The minimum absolute atomic E-state index is 0.182. The van der Waals surface area contributed by atoms with Gasteiger partial charge in [0.2, 0.25) is 5.28 Å². The SMILES string of the molecule is COc1cc(N2CCN(C(=O)OC(C)(C)C)CC2)ccc1Nc1nc(Cl)ncc1C. The molecule has 2 heterocycles. The fourth-order valence-electron chi connectivity index (χ4n) is 3.13. The van der Waals surface area contributed by atoms with E-state index in [1.807, 2.05) is 45.9 Å². The van der Waals surface area contributed by atoms with Crippen LogP contribution in [-0.2, 0) is 4.74 Å². The van der Waals surface area contributed by atoms with Crippen molar-refractivity contribution < 1.29 is 14.3 Å². The summed E-state index contributed by atoms with van der Waals surface area (Å²) in [5, 5.41) is 3.44. The van der Waals surface area contributed by atoms with Crippen LogP contribution in [0.15, 0.2) is 24.4 Å². The summed E-state index contributed by atoms with van der Waals surface area (Å²) >= 11 is 5.92. The molecule has 30 heavy (non-hydrogen) atoms. The first-order chi connectivity index (χ1) is 14.2. The third-order valence-corrected chi connectivity index (χ3v) is 4.86. The molecule has 2 aromatic rings. The number of halogens is 1. The summed E-state index contributed by atoms with van der Waals surface area (Å²) in [7, 11) is 1.63. The molecule has 0 spiro atoms. The fraction of sp³-hybridized carbons (Fsp3) is 0.476. The van der Waals surface area contributed by atoms with Crippen molar-refractivity contribution in [3.05, 3.63) is 35.2 Å². The molecule has 0 unspecified atom stereocenters. The number of benzene rings is 1. The Hall–Kier alpha value is -2.74. The second kappa shape index (κ2) is 8.95. The van der Waals surface area contributed by atoms with Crippen molar-refractivity contribution in [3.63, 3.8) is 0 Å². The number of amides is 1. The second-order valence-electron chi connectivity index (χ2n) is 8.13. The number of hydrogen-bond acceptors (Lipinski definition) is 7. The van der Waals surface area contributed by atoms with E-state index in [9.17, 15) is 4.79 Å². The van der Waals surface area contributed by atoms with Crippen LogP contribution in [0.4, 0.5) is 22.0 Å². The Morgan fingerprint density at radius 3 is 2.53 bits per heavy atom. The number of anilines is 3. The highest BCUT2D eigenvalue weighted by atomic mass is 35.5. The number of rotatable bonds is 4. The van der Waals surface area contributed by atoms with Crippen LogP contribution in [0, 0.1) is 6.92 Å². The van der Waals surface area contributed by atoms with Gasteiger partial charge in [0.25, 0.3) is 0 Å². The summed E-state index contributed by atoms with van der Waals surface area (Å²) in [6.45, 7) is 10.2.